The van der Waals surface area contributed by atoms with Crippen molar-refractivity contribution in [3.63, 3.8) is 0 Å². The van der Waals surface area contributed by atoms with Crippen molar-refractivity contribution in [2.45, 2.75) is 91.4 Å². The fraction of sp³-hybridized carbons (Fsp3) is 0.750. The molecule has 0 radical (unpaired) electrons. The highest BCUT2D eigenvalue weighted by Gasteiger charge is 2.30. The first kappa shape index (κ1) is 24.5. The highest BCUT2D eigenvalue weighted by Crippen LogP contribution is 2.30. The Balaban J connectivity index is 2.55. The molecule has 1 aromatic rings. The molecule has 4 N–H and O–H groups in total. The first-order valence-electron chi connectivity index (χ1n) is 9.68. The van der Waals surface area contributed by atoms with Crippen LogP contribution in [0.5, 0.6) is 0 Å². The van der Waals surface area contributed by atoms with Gasteiger partial charge in [-0.25, -0.2) is 4.98 Å². The van der Waals surface area contributed by atoms with Crippen molar-refractivity contribution in [3.8, 4) is 0 Å². The average Bonchev–Trinajstić information content (AvgIpc) is 3.00. The summed E-state index contributed by atoms with van der Waals surface area (Å²) in [5.74, 6) is -0.676. The van der Waals surface area contributed by atoms with Crippen molar-refractivity contribution >= 4 is 28.3 Å². The number of aromatic nitrogens is 1. The minimum Gasteiger partial charge on any atom is -0.390 e. The Labute approximate surface area is 172 Å². The summed E-state index contributed by atoms with van der Waals surface area (Å²) in [5, 5.41) is 25.5. The first-order valence-corrected chi connectivity index (χ1v) is 10.5. The van der Waals surface area contributed by atoms with Gasteiger partial charge in [0.1, 0.15) is 12.1 Å². The van der Waals surface area contributed by atoms with Crippen LogP contribution in [0.2, 0.25) is 0 Å². The monoisotopic (exact) mass is 413 g/mol. The number of hydrogen-bond acceptors (Lipinski definition) is 6. The van der Waals surface area contributed by atoms with Crippen molar-refractivity contribution < 1.29 is 19.8 Å². The number of carbonyl (C=O) groups is 2. The minimum atomic E-state index is -1.20. The highest BCUT2D eigenvalue weighted by atomic mass is 32.1. The van der Waals surface area contributed by atoms with Crippen molar-refractivity contribution in [2.75, 3.05) is 5.32 Å². The summed E-state index contributed by atoms with van der Waals surface area (Å²) in [6, 6.07) is -0.791. The van der Waals surface area contributed by atoms with Gasteiger partial charge < -0.3 is 20.8 Å². The molecule has 1 heterocycles. The zero-order valence-electron chi connectivity index (χ0n) is 18.0. The van der Waals surface area contributed by atoms with E-state index in [2.05, 4.69) is 22.5 Å². The summed E-state index contributed by atoms with van der Waals surface area (Å²) in [4.78, 5) is 29.7. The molecule has 7 nitrogen and oxygen atoms in total. The fourth-order valence-electron chi connectivity index (χ4n) is 2.52. The number of anilines is 1. The first-order chi connectivity index (χ1) is 12.7. The zero-order chi connectivity index (χ0) is 21.7. The normalized spacial score (nSPS) is 15.6. The third-order valence-electron chi connectivity index (χ3n) is 4.49. The van der Waals surface area contributed by atoms with Crippen LogP contribution in [0.25, 0.3) is 0 Å². The quantitative estimate of drug-likeness (QED) is 0.497. The number of aliphatic hydroxyl groups excluding tert-OH is 1. The lowest BCUT2D eigenvalue weighted by Crippen LogP contribution is -2.49. The second kappa shape index (κ2) is 9.80. The Morgan fingerprint density at radius 3 is 2.32 bits per heavy atom. The molecule has 0 aliphatic heterocycles. The summed E-state index contributed by atoms with van der Waals surface area (Å²) in [6.45, 7) is 12.5. The van der Waals surface area contributed by atoms with E-state index < -0.39 is 29.1 Å². The maximum atomic E-state index is 12.3. The second-order valence-electron chi connectivity index (χ2n) is 9.16. The van der Waals surface area contributed by atoms with Gasteiger partial charge in [0.25, 0.3) is 0 Å². The number of hydrogen-bond donors (Lipinski definition) is 4. The van der Waals surface area contributed by atoms with Gasteiger partial charge in [0.05, 0.1) is 5.60 Å². The number of amides is 2. The van der Waals surface area contributed by atoms with Gasteiger partial charge >= 0.3 is 0 Å². The number of nitrogens with zero attached hydrogens (tertiary/aromatic N) is 1. The van der Waals surface area contributed by atoms with E-state index in [1.54, 1.807) is 47.7 Å². The summed E-state index contributed by atoms with van der Waals surface area (Å²) < 4.78 is 0. The molecule has 1 rings (SSSR count). The highest BCUT2D eigenvalue weighted by molar-refractivity contribution is 7.15. The van der Waals surface area contributed by atoms with Crippen LogP contribution in [-0.2, 0) is 9.59 Å². The summed E-state index contributed by atoms with van der Waals surface area (Å²) >= 11 is 1.41. The third kappa shape index (κ3) is 8.24. The van der Waals surface area contributed by atoms with Crippen LogP contribution in [0.3, 0.4) is 0 Å². The van der Waals surface area contributed by atoms with Crippen molar-refractivity contribution in [1.29, 1.82) is 0 Å². The zero-order valence-corrected chi connectivity index (χ0v) is 18.8. The van der Waals surface area contributed by atoms with Crippen LogP contribution in [0.4, 0.5) is 5.13 Å². The van der Waals surface area contributed by atoms with E-state index in [-0.39, 0.29) is 11.8 Å². The Bertz CT molecular complexity index is 661. The molecule has 160 valence electrons. The van der Waals surface area contributed by atoms with Crippen molar-refractivity contribution in [1.82, 2.24) is 10.3 Å². The van der Waals surface area contributed by atoms with Crippen LogP contribution in [0.15, 0.2) is 6.20 Å². The molecule has 0 spiro atoms. The van der Waals surface area contributed by atoms with Gasteiger partial charge in [0.15, 0.2) is 5.13 Å². The molecule has 0 aliphatic carbocycles. The van der Waals surface area contributed by atoms with Gasteiger partial charge in [0.2, 0.25) is 11.8 Å². The van der Waals surface area contributed by atoms with E-state index in [0.29, 0.717) is 5.13 Å². The van der Waals surface area contributed by atoms with Crippen LogP contribution in [0.1, 0.15) is 78.5 Å². The smallest absolute Gasteiger partial charge is 0.250 e. The molecule has 2 amide bonds. The minimum absolute atomic E-state index is 0.282. The fourth-order valence-corrected chi connectivity index (χ4v) is 3.42. The van der Waals surface area contributed by atoms with Gasteiger partial charge in [0, 0.05) is 11.1 Å². The largest absolute Gasteiger partial charge is 0.390 e. The summed E-state index contributed by atoms with van der Waals surface area (Å²) in [5.41, 5.74) is -1.26. The maximum absolute atomic E-state index is 12.3. The predicted octanol–water partition coefficient (Wildman–Crippen LogP) is 3.04. The predicted molar refractivity (Wildman–Crippen MR) is 112 cm³/mol. The maximum Gasteiger partial charge on any atom is 0.250 e. The van der Waals surface area contributed by atoms with Crippen molar-refractivity contribution in [3.05, 3.63) is 11.1 Å². The van der Waals surface area contributed by atoms with E-state index in [9.17, 15) is 19.8 Å². The summed E-state index contributed by atoms with van der Waals surface area (Å²) in [7, 11) is 0. The van der Waals surface area contributed by atoms with E-state index in [4.69, 9.17) is 0 Å². The van der Waals surface area contributed by atoms with Crippen LogP contribution in [-0.4, -0.2) is 44.8 Å². The van der Waals surface area contributed by atoms with Gasteiger partial charge in [-0.3, -0.25) is 9.59 Å². The van der Waals surface area contributed by atoms with Crippen LogP contribution >= 0.6 is 11.3 Å². The lowest BCUT2D eigenvalue weighted by molar-refractivity contribution is -0.137. The van der Waals surface area contributed by atoms with Gasteiger partial charge in [-0.05, 0) is 51.4 Å². The Hall–Kier alpha value is -1.51. The van der Waals surface area contributed by atoms with E-state index >= 15 is 0 Å². The molecule has 28 heavy (non-hydrogen) atoms. The molecule has 1 aromatic heterocycles. The standard InChI is InChI=1S/C20H35N3O4S/c1-12(9-8-10-20(6,7)27)14-11-21-18(28-14)23-16(25)13(2)22-17(26)15(24)19(3,4)5/h11-13,15,24,27H,8-10H2,1-7H3,(H,22,26)(H,21,23,25)/t12-,13-,15+/m0/s1. The molecule has 0 unspecified atom stereocenters. The van der Waals surface area contributed by atoms with Crippen LogP contribution < -0.4 is 10.6 Å². The molecular weight excluding hydrogens is 378 g/mol. The molecule has 0 saturated carbocycles. The molecule has 0 aromatic carbocycles. The van der Waals surface area contributed by atoms with Gasteiger partial charge in [-0.15, -0.1) is 11.3 Å². The number of carbonyl (C=O) groups excluding carboxylic acids is 2. The van der Waals surface area contributed by atoms with E-state index in [0.717, 1.165) is 24.1 Å². The molecule has 0 bridgehead atoms. The van der Waals surface area contributed by atoms with Gasteiger partial charge in [-0.2, -0.15) is 0 Å². The van der Waals surface area contributed by atoms with Gasteiger partial charge in [-0.1, -0.05) is 27.7 Å². The lowest BCUT2D eigenvalue weighted by atomic mass is 9.88. The third-order valence-corrected chi connectivity index (χ3v) is 5.63. The number of aliphatic hydroxyl groups is 2. The second-order valence-corrected chi connectivity index (χ2v) is 10.2. The summed E-state index contributed by atoms with van der Waals surface area (Å²) in [6.07, 6.45) is 3.12. The van der Waals surface area contributed by atoms with E-state index in [1.165, 1.54) is 11.3 Å². The molecule has 0 aliphatic rings. The Morgan fingerprint density at radius 1 is 1.18 bits per heavy atom. The molecule has 0 fully saturated rings. The topological polar surface area (TPSA) is 112 Å². The Morgan fingerprint density at radius 2 is 1.79 bits per heavy atom. The van der Waals surface area contributed by atoms with E-state index in [1.807, 2.05) is 0 Å². The number of nitrogens with one attached hydrogen (secondary N) is 2. The lowest BCUT2D eigenvalue weighted by Gasteiger charge is -2.26. The molecular formula is C20H35N3O4S. The van der Waals surface area contributed by atoms with Crippen molar-refractivity contribution in [2.24, 2.45) is 5.41 Å². The Kier molecular flexibility index (Phi) is 8.59. The molecule has 8 heteroatoms. The molecule has 3 atom stereocenters. The average molecular weight is 414 g/mol. The number of thiazole rings is 1. The number of rotatable bonds is 9. The SMILES string of the molecule is C[C@H](NC(=O)[C@@H](O)C(C)(C)C)C(=O)Nc1ncc([C@@H](C)CCCC(C)(C)O)s1. The molecule has 0 saturated heterocycles. The van der Waals surface area contributed by atoms with Crippen LogP contribution in [0, 0.1) is 5.41 Å².